The maximum absolute atomic E-state index is 12.8. The lowest BCUT2D eigenvalue weighted by Gasteiger charge is -2.35. The van der Waals surface area contributed by atoms with Gasteiger partial charge < -0.3 is 9.64 Å². The topological polar surface area (TPSA) is 62.7 Å². The summed E-state index contributed by atoms with van der Waals surface area (Å²) in [7, 11) is -3.46. The first kappa shape index (κ1) is 16.7. The molecular weight excluding hydrogens is 326 g/mol. The summed E-state index contributed by atoms with van der Waals surface area (Å²) < 4.78 is 32.4. The molecule has 3 rings (SSSR count). The first-order valence-corrected chi connectivity index (χ1v) is 9.43. The van der Waals surface area contributed by atoms with Crippen molar-refractivity contribution in [3.63, 3.8) is 0 Å². The van der Waals surface area contributed by atoms with Gasteiger partial charge in [0.1, 0.15) is 5.75 Å². The van der Waals surface area contributed by atoms with Crippen molar-refractivity contribution in [2.75, 3.05) is 37.7 Å². The van der Waals surface area contributed by atoms with E-state index in [1.807, 2.05) is 19.1 Å². The van der Waals surface area contributed by atoms with Crippen molar-refractivity contribution in [2.45, 2.75) is 11.8 Å². The van der Waals surface area contributed by atoms with E-state index in [4.69, 9.17) is 4.74 Å². The lowest BCUT2D eigenvalue weighted by atomic mass is 10.3. The number of pyridine rings is 1. The highest BCUT2D eigenvalue weighted by molar-refractivity contribution is 7.89. The second-order valence-corrected chi connectivity index (χ2v) is 7.44. The first-order chi connectivity index (χ1) is 11.6. The molecule has 1 aliphatic rings. The molecule has 1 saturated heterocycles. The van der Waals surface area contributed by atoms with Crippen molar-refractivity contribution in [1.29, 1.82) is 0 Å². The van der Waals surface area contributed by atoms with Gasteiger partial charge in [-0.2, -0.15) is 4.31 Å². The van der Waals surface area contributed by atoms with Gasteiger partial charge in [0.25, 0.3) is 0 Å². The summed E-state index contributed by atoms with van der Waals surface area (Å²) in [6.07, 6.45) is 3.50. The van der Waals surface area contributed by atoms with Gasteiger partial charge in [-0.3, -0.25) is 4.98 Å². The quantitative estimate of drug-likeness (QED) is 0.828. The standard InChI is InChI=1S/C17H21N3O3S/c1-2-23-16-3-5-17(6-4-16)24(21,22)20-13-11-19(12-14-20)15-7-9-18-10-8-15/h3-10H,2,11-14H2,1H3. The minimum absolute atomic E-state index is 0.309. The fourth-order valence-corrected chi connectivity index (χ4v) is 4.19. The van der Waals surface area contributed by atoms with Crippen molar-refractivity contribution >= 4 is 15.7 Å². The number of hydrogen-bond donors (Lipinski definition) is 0. The second kappa shape index (κ2) is 7.19. The summed E-state index contributed by atoms with van der Waals surface area (Å²) in [5.41, 5.74) is 1.07. The molecule has 6 nitrogen and oxygen atoms in total. The predicted octanol–water partition coefficient (Wildman–Crippen LogP) is 1.99. The number of sulfonamides is 1. The molecule has 0 unspecified atom stereocenters. The smallest absolute Gasteiger partial charge is 0.243 e. The number of rotatable bonds is 5. The molecule has 2 aromatic rings. The van der Waals surface area contributed by atoms with E-state index in [1.165, 1.54) is 0 Å². The molecule has 1 aromatic carbocycles. The van der Waals surface area contributed by atoms with Crippen LogP contribution in [0.25, 0.3) is 0 Å². The SMILES string of the molecule is CCOc1ccc(S(=O)(=O)N2CCN(c3ccncc3)CC2)cc1. The Hall–Kier alpha value is -2.12. The Morgan fingerprint density at radius 3 is 2.21 bits per heavy atom. The number of hydrogen-bond acceptors (Lipinski definition) is 5. The zero-order valence-electron chi connectivity index (χ0n) is 13.6. The molecule has 7 heteroatoms. The van der Waals surface area contributed by atoms with Crippen LogP contribution in [0.1, 0.15) is 6.92 Å². The third-order valence-electron chi connectivity index (χ3n) is 4.04. The number of benzene rings is 1. The predicted molar refractivity (Wildman–Crippen MR) is 92.8 cm³/mol. The van der Waals surface area contributed by atoms with Crippen LogP contribution in [-0.4, -0.2) is 50.5 Å². The molecule has 0 bridgehead atoms. The Morgan fingerprint density at radius 1 is 1.00 bits per heavy atom. The van der Waals surface area contributed by atoms with E-state index >= 15 is 0 Å². The Kier molecular flexibility index (Phi) is 5.01. The van der Waals surface area contributed by atoms with Crippen molar-refractivity contribution in [3.05, 3.63) is 48.8 Å². The maximum Gasteiger partial charge on any atom is 0.243 e. The van der Waals surface area contributed by atoms with E-state index in [1.54, 1.807) is 41.0 Å². The lowest BCUT2D eigenvalue weighted by molar-refractivity contribution is 0.340. The number of anilines is 1. The van der Waals surface area contributed by atoms with Gasteiger partial charge in [-0.15, -0.1) is 0 Å². The largest absolute Gasteiger partial charge is 0.494 e. The zero-order valence-corrected chi connectivity index (χ0v) is 14.4. The number of piperazine rings is 1. The van der Waals surface area contributed by atoms with Gasteiger partial charge in [-0.1, -0.05) is 0 Å². The van der Waals surface area contributed by atoms with Crippen molar-refractivity contribution in [3.8, 4) is 5.75 Å². The van der Waals surface area contributed by atoms with Gasteiger partial charge >= 0.3 is 0 Å². The van der Waals surface area contributed by atoms with Gasteiger partial charge in [0, 0.05) is 44.3 Å². The average molecular weight is 347 g/mol. The molecule has 0 saturated carbocycles. The molecule has 0 amide bonds. The molecule has 0 N–H and O–H groups in total. The average Bonchev–Trinajstić information content (AvgIpc) is 2.63. The van der Waals surface area contributed by atoms with Gasteiger partial charge in [-0.25, -0.2) is 8.42 Å². The molecule has 2 heterocycles. The molecule has 1 aliphatic heterocycles. The van der Waals surface area contributed by atoms with Crippen LogP contribution in [0.3, 0.4) is 0 Å². The fourth-order valence-electron chi connectivity index (χ4n) is 2.77. The van der Waals surface area contributed by atoms with E-state index in [0.717, 1.165) is 5.69 Å². The molecule has 0 aliphatic carbocycles. The normalized spacial score (nSPS) is 16.1. The highest BCUT2D eigenvalue weighted by atomic mass is 32.2. The summed E-state index contributed by atoms with van der Waals surface area (Å²) in [6.45, 7) is 4.73. The first-order valence-electron chi connectivity index (χ1n) is 7.99. The zero-order chi connectivity index (χ0) is 17.0. The van der Waals surface area contributed by atoms with Crippen molar-refractivity contribution < 1.29 is 13.2 Å². The molecule has 0 spiro atoms. The van der Waals surface area contributed by atoms with E-state index in [0.29, 0.717) is 43.4 Å². The van der Waals surface area contributed by atoms with E-state index in [9.17, 15) is 8.42 Å². The fraction of sp³-hybridized carbons (Fsp3) is 0.353. The molecule has 0 radical (unpaired) electrons. The van der Waals surface area contributed by atoms with Crippen LogP contribution in [0.15, 0.2) is 53.7 Å². The van der Waals surface area contributed by atoms with Gasteiger partial charge in [0.2, 0.25) is 10.0 Å². The summed E-state index contributed by atoms with van der Waals surface area (Å²) in [5, 5.41) is 0. The molecular formula is C17H21N3O3S. The number of nitrogens with zero attached hydrogens (tertiary/aromatic N) is 3. The van der Waals surface area contributed by atoms with Crippen LogP contribution in [0.2, 0.25) is 0 Å². The van der Waals surface area contributed by atoms with Gasteiger partial charge in [-0.05, 0) is 43.3 Å². The van der Waals surface area contributed by atoms with E-state index in [2.05, 4.69) is 9.88 Å². The molecule has 128 valence electrons. The number of ether oxygens (including phenoxy) is 1. The number of aromatic nitrogens is 1. The highest BCUT2D eigenvalue weighted by Gasteiger charge is 2.28. The third-order valence-corrected chi connectivity index (χ3v) is 5.95. The van der Waals surface area contributed by atoms with Crippen molar-refractivity contribution in [1.82, 2.24) is 9.29 Å². The summed E-state index contributed by atoms with van der Waals surface area (Å²) in [4.78, 5) is 6.49. The summed E-state index contributed by atoms with van der Waals surface area (Å²) in [5.74, 6) is 0.680. The van der Waals surface area contributed by atoms with E-state index in [-0.39, 0.29) is 0 Å². The molecule has 0 atom stereocenters. The minimum atomic E-state index is -3.46. The Balaban J connectivity index is 1.68. The van der Waals surface area contributed by atoms with Crippen LogP contribution in [-0.2, 0) is 10.0 Å². The molecule has 1 fully saturated rings. The molecule has 24 heavy (non-hydrogen) atoms. The Labute approximate surface area is 142 Å². The Morgan fingerprint density at radius 2 is 1.62 bits per heavy atom. The Bertz CT molecular complexity index is 755. The molecule has 1 aromatic heterocycles. The van der Waals surface area contributed by atoms with Crippen LogP contribution in [0.5, 0.6) is 5.75 Å². The lowest BCUT2D eigenvalue weighted by Crippen LogP contribution is -2.48. The van der Waals surface area contributed by atoms with E-state index < -0.39 is 10.0 Å². The second-order valence-electron chi connectivity index (χ2n) is 5.50. The van der Waals surface area contributed by atoms with Gasteiger partial charge in [0.15, 0.2) is 0 Å². The van der Waals surface area contributed by atoms with Crippen molar-refractivity contribution in [2.24, 2.45) is 0 Å². The summed E-state index contributed by atoms with van der Waals surface area (Å²) in [6, 6.07) is 10.5. The van der Waals surface area contributed by atoms with Crippen LogP contribution in [0, 0.1) is 0 Å². The van der Waals surface area contributed by atoms with Gasteiger partial charge in [0.05, 0.1) is 11.5 Å². The van der Waals surface area contributed by atoms with Crippen LogP contribution < -0.4 is 9.64 Å². The van der Waals surface area contributed by atoms with Crippen LogP contribution in [0.4, 0.5) is 5.69 Å². The van der Waals surface area contributed by atoms with Crippen LogP contribution >= 0.6 is 0 Å². The monoisotopic (exact) mass is 347 g/mol. The highest BCUT2D eigenvalue weighted by Crippen LogP contribution is 2.22. The third kappa shape index (κ3) is 3.52. The maximum atomic E-state index is 12.8. The summed E-state index contributed by atoms with van der Waals surface area (Å²) >= 11 is 0. The minimum Gasteiger partial charge on any atom is -0.494 e.